The number of amides is 1. The average Bonchev–Trinajstić information content (AvgIpc) is 3.10. The highest BCUT2D eigenvalue weighted by atomic mass is 32.2. The normalized spacial score (nSPS) is 30.1. The third-order valence-corrected chi connectivity index (χ3v) is 10.00. The molecule has 2 N–H and O–H groups in total. The van der Waals surface area contributed by atoms with Crippen molar-refractivity contribution in [3.63, 3.8) is 0 Å². The van der Waals surface area contributed by atoms with Gasteiger partial charge in [-0.05, 0) is 36.7 Å². The lowest BCUT2D eigenvalue weighted by molar-refractivity contribution is -0.119. The SMILES string of the molecule is CN1C(=O)C(NS(=O)(=O)CC23CCC(CC2O)C3(C)C)N=C(c2ccccc2)c2ccccc21. The van der Waals surface area contributed by atoms with Crippen LogP contribution in [0, 0.1) is 16.7 Å². The molecular weight excluding hydrogens is 450 g/mol. The van der Waals surface area contributed by atoms with E-state index in [-0.39, 0.29) is 11.2 Å². The van der Waals surface area contributed by atoms with E-state index in [2.05, 4.69) is 23.6 Å². The van der Waals surface area contributed by atoms with Crippen LogP contribution in [0.15, 0.2) is 59.6 Å². The molecule has 3 aliphatic rings. The summed E-state index contributed by atoms with van der Waals surface area (Å²) >= 11 is 0. The molecule has 34 heavy (non-hydrogen) atoms. The van der Waals surface area contributed by atoms with Gasteiger partial charge in [-0.15, -0.1) is 0 Å². The zero-order valence-electron chi connectivity index (χ0n) is 19.7. The minimum atomic E-state index is -3.94. The third-order valence-electron chi connectivity index (χ3n) is 8.52. The van der Waals surface area contributed by atoms with Crippen molar-refractivity contribution < 1.29 is 18.3 Å². The van der Waals surface area contributed by atoms with Crippen LogP contribution in [-0.4, -0.2) is 50.2 Å². The van der Waals surface area contributed by atoms with Crippen LogP contribution < -0.4 is 9.62 Å². The Kier molecular flexibility index (Phi) is 5.46. The van der Waals surface area contributed by atoms with Crippen LogP contribution in [0.25, 0.3) is 0 Å². The zero-order chi connectivity index (χ0) is 24.3. The van der Waals surface area contributed by atoms with Gasteiger partial charge in [0.25, 0.3) is 5.91 Å². The molecule has 1 amide bonds. The minimum absolute atomic E-state index is 0.221. The number of benzene rings is 2. The third kappa shape index (κ3) is 3.51. The van der Waals surface area contributed by atoms with Crippen molar-refractivity contribution in [3.05, 3.63) is 65.7 Å². The van der Waals surface area contributed by atoms with Crippen molar-refractivity contribution in [1.82, 2.24) is 4.72 Å². The maximum absolute atomic E-state index is 13.5. The molecule has 1 heterocycles. The summed E-state index contributed by atoms with van der Waals surface area (Å²) in [5.74, 6) is -0.364. The molecule has 5 rings (SSSR count). The molecule has 2 aromatic carbocycles. The summed E-state index contributed by atoms with van der Waals surface area (Å²) < 4.78 is 29.6. The van der Waals surface area contributed by atoms with E-state index in [1.54, 1.807) is 7.05 Å². The number of benzodiazepines with no additional fused rings is 1. The lowest BCUT2D eigenvalue weighted by atomic mass is 9.70. The number of hydrogen-bond acceptors (Lipinski definition) is 5. The number of sulfonamides is 1. The Labute approximate surface area is 201 Å². The van der Waals surface area contributed by atoms with E-state index in [1.165, 1.54) is 4.90 Å². The number of aliphatic imine (C=N–C) groups is 1. The molecule has 4 atom stereocenters. The van der Waals surface area contributed by atoms with E-state index in [0.717, 1.165) is 17.5 Å². The van der Waals surface area contributed by atoms with Crippen LogP contribution in [0.3, 0.4) is 0 Å². The molecule has 2 aliphatic carbocycles. The number of fused-ring (bicyclic) bond motifs is 3. The molecule has 8 heteroatoms. The largest absolute Gasteiger partial charge is 0.392 e. The van der Waals surface area contributed by atoms with Crippen LogP contribution in [0.4, 0.5) is 5.69 Å². The lowest BCUT2D eigenvalue weighted by Gasteiger charge is -2.40. The fourth-order valence-corrected chi connectivity index (χ4v) is 8.32. The van der Waals surface area contributed by atoms with Crippen molar-refractivity contribution in [2.24, 2.45) is 21.7 Å². The molecule has 2 bridgehead atoms. The molecular formula is C26H31N3O4S. The van der Waals surface area contributed by atoms with Crippen molar-refractivity contribution in [2.45, 2.75) is 45.4 Å². The maximum atomic E-state index is 13.5. The van der Waals surface area contributed by atoms with Gasteiger partial charge in [0.15, 0.2) is 6.17 Å². The topological polar surface area (TPSA) is 99.1 Å². The number of nitrogens with zero attached hydrogens (tertiary/aromatic N) is 2. The summed E-state index contributed by atoms with van der Waals surface area (Å²) in [4.78, 5) is 19.5. The summed E-state index contributed by atoms with van der Waals surface area (Å²) in [6, 6.07) is 16.9. The first kappa shape index (κ1) is 23.2. The Balaban J connectivity index is 1.53. The van der Waals surface area contributed by atoms with Gasteiger partial charge in [0.1, 0.15) is 0 Å². The first-order valence-corrected chi connectivity index (χ1v) is 13.4. The molecule has 180 valence electrons. The fourth-order valence-electron chi connectivity index (χ4n) is 6.36. The van der Waals surface area contributed by atoms with Gasteiger partial charge in [-0.25, -0.2) is 8.42 Å². The van der Waals surface area contributed by atoms with E-state index >= 15 is 0 Å². The van der Waals surface area contributed by atoms with E-state index < -0.39 is 33.6 Å². The first-order valence-electron chi connectivity index (χ1n) is 11.7. The van der Waals surface area contributed by atoms with Crippen LogP contribution >= 0.6 is 0 Å². The monoisotopic (exact) mass is 481 g/mol. The van der Waals surface area contributed by atoms with E-state index in [4.69, 9.17) is 0 Å². The standard InChI is InChI=1S/C26H31N3O4S/c1-25(2)18-13-14-26(25,21(30)15-18)16-34(32,33)28-23-24(31)29(3)20-12-8-7-11-19(20)22(27-23)17-9-5-4-6-10-17/h4-12,18,21,23,28,30H,13-16H2,1-3H3. The minimum Gasteiger partial charge on any atom is -0.392 e. The molecule has 2 aromatic rings. The summed E-state index contributed by atoms with van der Waals surface area (Å²) in [5.41, 5.74) is 1.77. The Morgan fingerprint density at radius 1 is 1.12 bits per heavy atom. The van der Waals surface area contributed by atoms with E-state index in [9.17, 15) is 18.3 Å². The van der Waals surface area contributed by atoms with Gasteiger partial charge >= 0.3 is 0 Å². The van der Waals surface area contributed by atoms with E-state index in [0.29, 0.717) is 30.2 Å². The number of likely N-dealkylation sites (N-methyl/N-ethyl adjacent to an activating group) is 1. The summed E-state index contributed by atoms with van der Waals surface area (Å²) in [6.07, 6.45) is 0.232. The van der Waals surface area contributed by atoms with Gasteiger partial charge in [-0.1, -0.05) is 62.4 Å². The lowest BCUT2D eigenvalue weighted by Crippen LogP contribution is -2.51. The van der Waals surface area contributed by atoms with Gasteiger partial charge in [0.05, 0.1) is 23.3 Å². The molecule has 7 nitrogen and oxygen atoms in total. The smallest absolute Gasteiger partial charge is 0.267 e. The van der Waals surface area contributed by atoms with E-state index in [1.807, 2.05) is 54.6 Å². The second kappa shape index (κ2) is 8.00. The number of rotatable bonds is 5. The van der Waals surface area contributed by atoms with Crippen LogP contribution in [0.1, 0.15) is 44.2 Å². The van der Waals surface area contributed by atoms with Crippen LogP contribution in [-0.2, 0) is 14.8 Å². The number of hydrogen-bond donors (Lipinski definition) is 2. The highest BCUT2D eigenvalue weighted by molar-refractivity contribution is 7.89. The van der Waals surface area contributed by atoms with Crippen LogP contribution in [0.5, 0.6) is 0 Å². The molecule has 2 saturated carbocycles. The molecule has 0 spiro atoms. The maximum Gasteiger partial charge on any atom is 0.267 e. The molecule has 0 aromatic heterocycles. The highest BCUT2D eigenvalue weighted by Gasteiger charge is 2.65. The number of aliphatic hydroxyl groups excluding tert-OH is 1. The first-order chi connectivity index (χ1) is 16.1. The van der Waals surface area contributed by atoms with Gasteiger partial charge in [-0.3, -0.25) is 9.79 Å². The number of para-hydroxylation sites is 1. The Bertz CT molecular complexity index is 1260. The Hall–Kier alpha value is -2.55. The number of anilines is 1. The second-order valence-corrected chi connectivity index (χ2v) is 12.2. The molecule has 0 saturated heterocycles. The van der Waals surface area contributed by atoms with Crippen LogP contribution in [0.2, 0.25) is 0 Å². The predicted molar refractivity (Wildman–Crippen MR) is 132 cm³/mol. The highest BCUT2D eigenvalue weighted by Crippen LogP contribution is 2.66. The Morgan fingerprint density at radius 3 is 2.44 bits per heavy atom. The van der Waals surface area contributed by atoms with Crippen molar-refractivity contribution in [2.75, 3.05) is 17.7 Å². The zero-order valence-corrected chi connectivity index (χ0v) is 20.5. The summed E-state index contributed by atoms with van der Waals surface area (Å²) in [7, 11) is -2.31. The number of nitrogens with one attached hydrogen (secondary N) is 1. The van der Waals surface area contributed by atoms with Gasteiger partial charge in [0.2, 0.25) is 10.0 Å². The van der Waals surface area contributed by atoms with Crippen molar-refractivity contribution in [1.29, 1.82) is 0 Å². The number of carbonyl (C=O) groups excluding carboxylic acids is 1. The Morgan fingerprint density at radius 2 is 1.79 bits per heavy atom. The second-order valence-electron chi connectivity index (χ2n) is 10.4. The van der Waals surface area contributed by atoms with Crippen molar-refractivity contribution in [3.8, 4) is 0 Å². The predicted octanol–water partition coefficient (Wildman–Crippen LogP) is 2.93. The summed E-state index contributed by atoms with van der Waals surface area (Å²) in [6.45, 7) is 4.12. The quantitative estimate of drug-likeness (QED) is 0.686. The molecule has 0 radical (unpaired) electrons. The molecule has 2 fully saturated rings. The number of aliphatic hydroxyl groups is 1. The fraction of sp³-hybridized carbons (Fsp3) is 0.462. The average molecular weight is 482 g/mol. The van der Waals surface area contributed by atoms with Gasteiger partial charge in [0, 0.05) is 23.6 Å². The van der Waals surface area contributed by atoms with Gasteiger partial charge in [-0.2, -0.15) is 4.72 Å². The molecule has 1 aliphatic heterocycles. The molecule has 4 unspecified atom stereocenters. The van der Waals surface area contributed by atoms with Crippen molar-refractivity contribution >= 4 is 27.3 Å². The van der Waals surface area contributed by atoms with Gasteiger partial charge < -0.3 is 10.0 Å². The summed E-state index contributed by atoms with van der Waals surface area (Å²) in [5, 5.41) is 10.8. The number of carbonyl (C=O) groups is 1.